The van der Waals surface area contributed by atoms with Crippen LogP contribution in [0, 0.1) is 0 Å². The standard InChI is InChI=1S/C23H26N6O3/c1-23(2,3)32-22(31)28-11-16(12-28)25-10-15(9-24)18-13-29(17-7-5-4-6-8-17)20-19(18)21(30)27-14-26-20/h4-10,13-14,16H,11-12,24H2,1-3H3,(H,26,27,30). The zero-order chi connectivity index (χ0) is 22.9. The molecular formula is C23H26N6O3. The van der Waals surface area contributed by atoms with Crippen LogP contribution in [-0.4, -0.2) is 56.5 Å². The van der Waals surface area contributed by atoms with E-state index >= 15 is 0 Å². The lowest BCUT2D eigenvalue weighted by atomic mass is 10.1. The first kappa shape index (κ1) is 21.4. The largest absolute Gasteiger partial charge is 0.444 e. The summed E-state index contributed by atoms with van der Waals surface area (Å²) < 4.78 is 7.22. The fourth-order valence-electron chi connectivity index (χ4n) is 3.49. The first-order valence-corrected chi connectivity index (χ1v) is 10.3. The molecule has 166 valence electrons. The average molecular weight is 435 g/mol. The molecule has 0 unspecified atom stereocenters. The molecule has 1 fully saturated rings. The average Bonchev–Trinajstić information content (AvgIpc) is 3.10. The van der Waals surface area contributed by atoms with Crippen molar-refractivity contribution in [2.75, 3.05) is 13.1 Å². The van der Waals surface area contributed by atoms with Crippen LogP contribution in [0.15, 0.2) is 58.8 Å². The summed E-state index contributed by atoms with van der Waals surface area (Å²) in [4.78, 5) is 37.9. The third-order valence-corrected chi connectivity index (χ3v) is 5.05. The number of aromatic nitrogens is 3. The topological polar surface area (TPSA) is 119 Å². The molecule has 2 aromatic heterocycles. The number of H-pyrrole nitrogens is 1. The SMILES string of the molecule is CC(C)(C)OC(=O)N1CC(N=CC(=CN)c2cn(-c3ccccc3)c3nc[nH]c(=O)c23)C1. The number of fused-ring (bicyclic) bond motifs is 1. The highest BCUT2D eigenvalue weighted by Crippen LogP contribution is 2.26. The van der Waals surface area contributed by atoms with E-state index in [-0.39, 0.29) is 17.7 Å². The Hall–Kier alpha value is -3.88. The van der Waals surface area contributed by atoms with E-state index < -0.39 is 5.60 Å². The Labute approximate surface area is 185 Å². The molecule has 0 saturated carbocycles. The summed E-state index contributed by atoms with van der Waals surface area (Å²) >= 11 is 0. The van der Waals surface area contributed by atoms with Crippen molar-refractivity contribution >= 4 is 28.9 Å². The summed E-state index contributed by atoms with van der Waals surface area (Å²) in [5.41, 5.74) is 7.75. The minimum atomic E-state index is -0.533. The number of nitrogens with two attached hydrogens (primary N) is 1. The van der Waals surface area contributed by atoms with E-state index in [1.165, 1.54) is 12.5 Å². The van der Waals surface area contributed by atoms with E-state index in [1.807, 2.05) is 61.9 Å². The number of allylic oxidation sites excluding steroid dienone is 1. The predicted molar refractivity (Wildman–Crippen MR) is 124 cm³/mol. The number of aliphatic imine (C=N–C) groups is 1. The molecule has 1 aromatic carbocycles. The lowest BCUT2D eigenvalue weighted by Gasteiger charge is -2.37. The van der Waals surface area contributed by atoms with Gasteiger partial charge in [0, 0.05) is 48.5 Å². The number of nitrogens with zero attached hydrogens (tertiary/aromatic N) is 4. The van der Waals surface area contributed by atoms with Crippen LogP contribution in [0.25, 0.3) is 22.3 Å². The number of likely N-dealkylation sites (tertiary alicyclic amines) is 1. The monoisotopic (exact) mass is 434 g/mol. The molecule has 3 aromatic rings. The summed E-state index contributed by atoms with van der Waals surface area (Å²) in [6, 6.07) is 9.57. The first-order valence-electron chi connectivity index (χ1n) is 10.3. The number of carbonyl (C=O) groups is 1. The quantitative estimate of drug-likeness (QED) is 0.612. The molecule has 1 aliphatic rings. The lowest BCUT2D eigenvalue weighted by molar-refractivity contribution is 0.00911. The van der Waals surface area contributed by atoms with Gasteiger partial charge in [0.2, 0.25) is 0 Å². The number of nitrogens with one attached hydrogen (secondary N) is 1. The van der Waals surface area contributed by atoms with Crippen molar-refractivity contribution in [3.8, 4) is 5.69 Å². The van der Waals surface area contributed by atoms with Crippen molar-refractivity contribution in [3.05, 3.63) is 65.0 Å². The zero-order valence-electron chi connectivity index (χ0n) is 18.3. The smallest absolute Gasteiger partial charge is 0.410 e. The normalized spacial score (nSPS) is 15.3. The van der Waals surface area contributed by atoms with Gasteiger partial charge in [-0.2, -0.15) is 0 Å². The maximum absolute atomic E-state index is 12.6. The number of para-hydroxylation sites is 1. The highest BCUT2D eigenvalue weighted by Gasteiger charge is 2.33. The fraction of sp³-hybridized carbons (Fsp3) is 0.304. The Kier molecular flexibility index (Phi) is 5.56. The molecule has 3 heterocycles. The van der Waals surface area contributed by atoms with Crippen LogP contribution in [0.4, 0.5) is 4.79 Å². The van der Waals surface area contributed by atoms with Gasteiger partial charge in [-0.05, 0) is 32.9 Å². The summed E-state index contributed by atoms with van der Waals surface area (Å²) in [5.74, 6) is 0. The second kappa shape index (κ2) is 8.33. The fourth-order valence-corrected chi connectivity index (χ4v) is 3.49. The summed E-state index contributed by atoms with van der Waals surface area (Å²) in [7, 11) is 0. The molecule has 0 atom stereocenters. The minimum Gasteiger partial charge on any atom is -0.444 e. The number of carbonyl (C=O) groups excluding carboxylic acids is 1. The van der Waals surface area contributed by atoms with Gasteiger partial charge < -0.3 is 24.9 Å². The maximum Gasteiger partial charge on any atom is 0.410 e. The highest BCUT2D eigenvalue weighted by atomic mass is 16.6. The van der Waals surface area contributed by atoms with Crippen molar-refractivity contribution in [2.24, 2.45) is 10.7 Å². The summed E-state index contributed by atoms with van der Waals surface area (Å²) in [6.07, 6.45) is 5.94. The van der Waals surface area contributed by atoms with E-state index in [0.717, 1.165) is 5.69 Å². The van der Waals surface area contributed by atoms with Gasteiger partial charge in [-0.15, -0.1) is 0 Å². The third kappa shape index (κ3) is 4.27. The molecule has 1 amide bonds. The van der Waals surface area contributed by atoms with Crippen molar-refractivity contribution in [3.63, 3.8) is 0 Å². The molecule has 32 heavy (non-hydrogen) atoms. The minimum absolute atomic E-state index is 0.0589. The van der Waals surface area contributed by atoms with Gasteiger partial charge in [-0.3, -0.25) is 9.79 Å². The van der Waals surface area contributed by atoms with E-state index in [4.69, 9.17) is 10.5 Å². The van der Waals surface area contributed by atoms with Crippen LogP contribution in [0.3, 0.4) is 0 Å². The van der Waals surface area contributed by atoms with Crippen molar-refractivity contribution < 1.29 is 9.53 Å². The first-order chi connectivity index (χ1) is 15.3. The van der Waals surface area contributed by atoms with Gasteiger partial charge in [0.1, 0.15) is 5.60 Å². The Morgan fingerprint density at radius 1 is 1.28 bits per heavy atom. The second-order valence-electron chi connectivity index (χ2n) is 8.62. The van der Waals surface area contributed by atoms with Gasteiger partial charge in [0.15, 0.2) is 5.65 Å². The van der Waals surface area contributed by atoms with Crippen LogP contribution in [0.1, 0.15) is 26.3 Å². The van der Waals surface area contributed by atoms with Crippen LogP contribution in [-0.2, 0) is 4.74 Å². The number of hydrogen-bond donors (Lipinski definition) is 2. The molecule has 3 N–H and O–H groups in total. The molecule has 0 radical (unpaired) electrons. The zero-order valence-corrected chi connectivity index (χ0v) is 18.3. The number of benzene rings is 1. The van der Waals surface area contributed by atoms with Crippen molar-refractivity contribution in [1.29, 1.82) is 0 Å². The van der Waals surface area contributed by atoms with Gasteiger partial charge in [0.05, 0.1) is 17.8 Å². The van der Waals surface area contributed by atoms with E-state index in [9.17, 15) is 9.59 Å². The van der Waals surface area contributed by atoms with Crippen molar-refractivity contribution in [1.82, 2.24) is 19.4 Å². The van der Waals surface area contributed by atoms with E-state index in [1.54, 1.807) is 11.1 Å². The predicted octanol–water partition coefficient (Wildman–Crippen LogP) is 2.70. The van der Waals surface area contributed by atoms with Gasteiger partial charge in [-0.1, -0.05) is 18.2 Å². The van der Waals surface area contributed by atoms with Crippen LogP contribution < -0.4 is 11.3 Å². The Balaban J connectivity index is 1.58. The number of amides is 1. The second-order valence-corrected chi connectivity index (χ2v) is 8.62. The number of aromatic amines is 1. The Bertz CT molecular complexity index is 1240. The maximum atomic E-state index is 12.6. The summed E-state index contributed by atoms with van der Waals surface area (Å²) in [6.45, 7) is 6.44. The molecule has 1 aliphatic heterocycles. The van der Waals surface area contributed by atoms with Crippen LogP contribution >= 0.6 is 0 Å². The third-order valence-electron chi connectivity index (χ3n) is 5.05. The lowest BCUT2D eigenvalue weighted by Crippen LogP contribution is -2.54. The van der Waals surface area contributed by atoms with Crippen LogP contribution in [0.2, 0.25) is 0 Å². The van der Waals surface area contributed by atoms with E-state index in [2.05, 4.69) is 15.0 Å². The molecule has 1 saturated heterocycles. The Morgan fingerprint density at radius 3 is 2.66 bits per heavy atom. The van der Waals surface area contributed by atoms with Crippen molar-refractivity contribution in [2.45, 2.75) is 32.4 Å². The molecule has 0 bridgehead atoms. The number of ether oxygens (including phenoxy) is 1. The molecule has 0 spiro atoms. The van der Waals surface area contributed by atoms with Gasteiger partial charge in [-0.25, -0.2) is 9.78 Å². The molecule has 4 rings (SSSR count). The Morgan fingerprint density at radius 2 is 2.00 bits per heavy atom. The van der Waals surface area contributed by atoms with Gasteiger partial charge in [0.25, 0.3) is 5.56 Å². The summed E-state index contributed by atoms with van der Waals surface area (Å²) in [5, 5.41) is 0.434. The molecule has 0 aliphatic carbocycles. The van der Waals surface area contributed by atoms with Crippen LogP contribution in [0.5, 0.6) is 0 Å². The molecule has 9 heteroatoms. The van der Waals surface area contributed by atoms with E-state index in [0.29, 0.717) is 35.3 Å². The highest BCUT2D eigenvalue weighted by molar-refractivity contribution is 6.14. The van der Waals surface area contributed by atoms with Gasteiger partial charge >= 0.3 is 6.09 Å². The molecule has 9 nitrogen and oxygen atoms in total. The molecular weight excluding hydrogens is 408 g/mol. The number of rotatable bonds is 4. The number of hydrogen-bond acceptors (Lipinski definition) is 6.